The quantitative estimate of drug-likeness (QED) is 0.406. The zero-order valence-corrected chi connectivity index (χ0v) is 22.0. The Morgan fingerprint density at radius 2 is 1.22 bits per heavy atom. The second-order valence-corrected chi connectivity index (χ2v) is 14.6. The summed E-state index contributed by atoms with van der Waals surface area (Å²) in [5.41, 5.74) is 0.911. The standard InChI is InChI=1S/C29H36O6Si/c1-29(2,3)36(22-15-9-5-10-16-22,23-17-11-6-12-18-23)34-20-24-25(30)26(31)27(32)28(35-24)33-19-21-13-7-4-8-14-21/h4-18,24-28,30-32H,19-20H2,1-3H3/t24-,25+,26+,27-,28-/m1/s1. The normalized spacial score (nSPS) is 25.0. The van der Waals surface area contributed by atoms with Crippen LogP contribution in [0.1, 0.15) is 26.3 Å². The van der Waals surface area contributed by atoms with E-state index >= 15 is 0 Å². The molecule has 0 spiro atoms. The lowest BCUT2D eigenvalue weighted by Gasteiger charge is -2.45. The Bertz CT molecular complexity index is 1030. The van der Waals surface area contributed by atoms with Crippen LogP contribution < -0.4 is 10.4 Å². The maximum Gasteiger partial charge on any atom is 0.261 e. The number of hydrogen-bond donors (Lipinski definition) is 3. The van der Waals surface area contributed by atoms with Gasteiger partial charge in [0.2, 0.25) is 0 Å². The first-order chi connectivity index (χ1) is 17.2. The minimum Gasteiger partial charge on any atom is -0.405 e. The van der Waals surface area contributed by atoms with Crippen molar-refractivity contribution < 1.29 is 29.2 Å². The number of rotatable bonds is 8. The summed E-state index contributed by atoms with van der Waals surface area (Å²) < 4.78 is 18.7. The second kappa shape index (κ2) is 11.4. The van der Waals surface area contributed by atoms with Gasteiger partial charge in [0.1, 0.15) is 24.4 Å². The van der Waals surface area contributed by atoms with Crippen molar-refractivity contribution in [3.8, 4) is 0 Å². The first-order valence-electron chi connectivity index (χ1n) is 12.3. The van der Waals surface area contributed by atoms with Crippen molar-refractivity contribution in [1.82, 2.24) is 0 Å². The van der Waals surface area contributed by atoms with E-state index in [1.165, 1.54) is 0 Å². The van der Waals surface area contributed by atoms with Crippen LogP contribution in [0.2, 0.25) is 5.04 Å². The van der Waals surface area contributed by atoms with E-state index in [1.807, 2.05) is 66.7 Å². The predicted molar refractivity (Wildman–Crippen MR) is 141 cm³/mol. The van der Waals surface area contributed by atoms with Crippen molar-refractivity contribution in [1.29, 1.82) is 0 Å². The lowest BCUT2D eigenvalue weighted by atomic mass is 9.99. The molecule has 0 aliphatic carbocycles. The maximum absolute atomic E-state index is 10.8. The van der Waals surface area contributed by atoms with Crippen LogP contribution in [-0.2, 0) is 20.5 Å². The fourth-order valence-corrected chi connectivity index (χ4v) is 9.48. The highest BCUT2D eigenvalue weighted by atomic mass is 28.4. The van der Waals surface area contributed by atoms with E-state index in [-0.39, 0.29) is 18.3 Å². The molecule has 1 fully saturated rings. The SMILES string of the molecule is CC(C)(C)[Si](OC[C@H]1O[C@@H](OCc2ccccc2)[C@H](O)[C@@H](O)[C@H]1O)(c1ccccc1)c1ccccc1. The number of hydrogen-bond acceptors (Lipinski definition) is 6. The lowest BCUT2D eigenvalue weighted by Crippen LogP contribution is -2.68. The first kappa shape index (κ1) is 26.7. The van der Waals surface area contributed by atoms with Crippen LogP contribution in [0.4, 0.5) is 0 Å². The number of aliphatic hydroxyl groups excluding tert-OH is 3. The molecular weight excluding hydrogens is 472 g/mol. The number of benzene rings is 3. The second-order valence-electron chi connectivity index (χ2n) is 10.3. The summed E-state index contributed by atoms with van der Waals surface area (Å²) in [5, 5.41) is 33.9. The molecule has 1 aliphatic heterocycles. The van der Waals surface area contributed by atoms with Gasteiger partial charge in [-0.2, -0.15) is 0 Å². The molecule has 3 N–H and O–H groups in total. The van der Waals surface area contributed by atoms with Crippen molar-refractivity contribution in [2.45, 2.75) is 63.1 Å². The minimum atomic E-state index is -2.87. The molecular formula is C29H36O6Si. The van der Waals surface area contributed by atoms with E-state index in [4.69, 9.17) is 13.9 Å². The molecule has 0 amide bonds. The Morgan fingerprint density at radius 3 is 1.72 bits per heavy atom. The van der Waals surface area contributed by atoms with Crippen LogP contribution in [-0.4, -0.2) is 60.9 Å². The topological polar surface area (TPSA) is 88.4 Å². The van der Waals surface area contributed by atoms with Crippen LogP contribution in [0.15, 0.2) is 91.0 Å². The highest BCUT2D eigenvalue weighted by Gasteiger charge is 2.52. The Kier molecular flexibility index (Phi) is 8.42. The molecule has 6 nitrogen and oxygen atoms in total. The third-order valence-corrected chi connectivity index (χ3v) is 11.8. The molecule has 192 valence electrons. The number of ether oxygens (including phenoxy) is 2. The van der Waals surface area contributed by atoms with E-state index in [2.05, 4.69) is 45.0 Å². The predicted octanol–water partition coefficient (Wildman–Crippen LogP) is 2.59. The van der Waals surface area contributed by atoms with E-state index in [9.17, 15) is 15.3 Å². The highest BCUT2D eigenvalue weighted by Crippen LogP contribution is 2.37. The Balaban J connectivity index is 1.60. The van der Waals surface area contributed by atoms with Crippen LogP contribution in [0.25, 0.3) is 0 Å². The fraction of sp³-hybridized carbons (Fsp3) is 0.379. The Hall–Kier alpha value is -2.36. The maximum atomic E-state index is 10.8. The van der Waals surface area contributed by atoms with E-state index < -0.39 is 39.0 Å². The van der Waals surface area contributed by atoms with Crippen molar-refractivity contribution >= 4 is 18.7 Å². The molecule has 3 aromatic rings. The summed E-state index contributed by atoms with van der Waals surface area (Å²) in [6.45, 7) is 6.74. The zero-order chi connectivity index (χ0) is 25.8. The van der Waals surface area contributed by atoms with Crippen LogP contribution >= 0.6 is 0 Å². The third kappa shape index (κ3) is 5.48. The smallest absolute Gasteiger partial charge is 0.261 e. The van der Waals surface area contributed by atoms with Gasteiger partial charge in [-0.25, -0.2) is 0 Å². The molecule has 0 unspecified atom stereocenters. The third-order valence-electron chi connectivity index (χ3n) is 6.81. The fourth-order valence-electron chi connectivity index (χ4n) is 4.91. The summed E-state index contributed by atoms with van der Waals surface area (Å²) in [6.07, 6.45) is -6.11. The number of aliphatic hydroxyl groups is 3. The van der Waals surface area contributed by atoms with Crippen molar-refractivity contribution in [3.63, 3.8) is 0 Å². The van der Waals surface area contributed by atoms with Crippen molar-refractivity contribution in [2.24, 2.45) is 0 Å². The summed E-state index contributed by atoms with van der Waals surface area (Å²) in [5.74, 6) is 0. The van der Waals surface area contributed by atoms with Crippen LogP contribution in [0, 0.1) is 0 Å². The van der Waals surface area contributed by atoms with Gasteiger partial charge < -0.3 is 29.2 Å². The largest absolute Gasteiger partial charge is 0.405 e. The molecule has 3 aromatic carbocycles. The van der Waals surface area contributed by atoms with Gasteiger partial charge in [-0.15, -0.1) is 0 Å². The minimum absolute atomic E-state index is 0.0312. The van der Waals surface area contributed by atoms with E-state index in [0.29, 0.717) is 0 Å². The van der Waals surface area contributed by atoms with Gasteiger partial charge in [-0.05, 0) is 21.0 Å². The molecule has 0 saturated carbocycles. The van der Waals surface area contributed by atoms with Crippen molar-refractivity contribution in [3.05, 3.63) is 96.6 Å². The van der Waals surface area contributed by atoms with Gasteiger partial charge in [0.25, 0.3) is 8.32 Å². The van der Waals surface area contributed by atoms with E-state index in [1.54, 1.807) is 0 Å². The van der Waals surface area contributed by atoms with Gasteiger partial charge in [0.05, 0.1) is 13.2 Å². The molecule has 4 rings (SSSR count). The van der Waals surface area contributed by atoms with E-state index in [0.717, 1.165) is 15.9 Å². The molecule has 1 aliphatic rings. The molecule has 36 heavy (non-hydrogen) atoms. The Labute approximate surface area is 214 Å². The molecule has 0 bridgehead atoms. The summed E-state index contributed by atoms with van der Waals surface area (Å²) in [7, 11) is -2.87. The van der Waals surface area contributed by atoms with Crippen LogP contribution in [0.5, 0.6) is 0 Å². The molecule has 0 aromatic heterocycles. The monoisotopic (exact) mass is 508 g/mol. The average Bonchev–Trinajstić information content (AvgIpc) is 2.89. The highest BCUT2D eigenvalue weighted by molar-refractivity contribution is 6.99. The van der Waals surface area contributed by atoms with Gasteiger partial charge >= 0.3 is 0 Å². The molecule has 0 radical (unpaired) electrons. The summed E-state index contributed by atoms with van der Waals surface area (Å²) in [4.78, 5) is 0. The van der Waals surface area contributed by atoms with Crippen molar-refractivity contribution in [2.75, 3.05) is 6.61 Å². The Morgan fingerprint density at radius 1 is 0.722 bits per heavy atom. The van der Waals surface area contributed by atoms with Gasteiger partial charge in [-0.3, -0.25) is 0 Å². The van der Waals surface area contributed by atoms with Crippen LogP contribution in [0.3, 0.4) is 0 Å². The van der Waals surface area contributed by atoms with Gasteiger partial charge in [0.15, 0.2) is 6.29 Å². The molecule has 7 heteroatoms. The molecule has 1 heterocycles. The summed E-state index contributed by atoms with van der Waals surface area (Å²) >= 11 is 0. The molecule has 1 saturated heterocycles. The first-order valence-corrected chi connectivity index (χ1v) is 14.2. The van der Waals surface area contributed by atoms with Gasteiger partial charge in [0, 0.05) is 0 Å². The summed E-state index contributed by atoms with van der Waals surface area (Å²) in [6, 6.07) is 29.9. The zero-order valence-electron chi connectivity index (χ0n) is 21.0. The van der Waals surface area contributed by atoms with Gasteiger partial charge in [-0.1, -0.05) is 112 Å². The average molecular weight is 509 g/mol. The molecule has 5 atom stereocenters. The lowest BCUT2D eigenvalue weighted by molar-refractivity contribution is -0.303.